The van der Waals surface area contributed by atoms with Gasteiger partial charge in [0.25, 0.3) is 0 Å². The van der Waals surface area contributed by atoms with Crippen LogP contribution in [0.3, 0.4) is 0 Å². The zero-order chi connectivity index (χ0) is 10.7. The van der Waals surface area contributed by atoms with Crippen molar-refractivity contribution in [3.63, 3.8) is 0 Å². The lowest BCUT2D eigenvalue weighted by atomic mass is 10.0. The van der Waals surface area contributed by atoms with Crippen LogP contribution in [0.1, 0.15) is 24.9 Å². The Bertz CT molecular complexity index is 325. The molecule has 1 aliphatic heterocycles. The number of para-hydroxylation sites is 1. The van der Waals surface area contributed by atoms with E-state index in [1.165, 1.54) is 5.56 Å². The molecule has 1 unspecified atom stereocenters. The number of ether oxygens (including phenoxy) is 1. The molecule has 1 heterocycles. The molecule has 1 aromatic rings. The second-order valence-electron chi connectivity index (χ2n) is 3.98. The van der Waals surface area contributed by atoms with Crippen molar-refractivity contribution in [2.45, 2.75) is 25.5 Å². The molecule has 0 fully saturated rings. The van der Waals surface area contributed by atoms with Crippen molar-refractivity contribution in [2.24, 2.45) is 0 Å². The number of hydrogen-bond donors (Lipinski definition) is 2. The van der Waals surface area contributed by atoms with Crippen molar-refractivity contribution in [3.05, 3.63) is 29.8 Å². The van der Waals surface area contributed by atoms with Gasteiger partial charge in [-0.15, -0.1) is 0 Å². The van der Waals surface area contributed by atoms with E-state index in [1.54, 1.807) is 6.92 Å². The van der Waals surface area contributed by atoms with E-state index in [1.807, 2.05) is 18.2 Å². The molecule has 0 aromatic heterocycles. The molecular weight excluding hydrogens is 190 g/mol. The van der Waals surface area contributed by atoms with E-state index in [4.69, 9.17) is 4.74 Å². The summed E-state index contributed by atoms with van der Waals surface area (Å²) in [5.41, 5.74) is 1.20. The van der Waals surface area contributed by atoms with Gasteiger partial charge < -0.3 is 15.2 Å². The summed E-state index contributed by atoms with van der Waals surface area (Å²) in [5.74, 6) is 0.965. The highest BCUT2D eigenvalue weighted by Crippen LogP contribution is 2.31. The summed E-state index contributed by atoms with van der Waals surface area (Å²) < 4.78 is 5.56. The van der Waals surface area contributed by atoms with E-state index in [0.717, 1.165) is 18.8 Å². The molecule has 3 nitrogen and oxygen atoms in total. The van der Waals surface area contributed by atoms with Gasteiger partial charge in [0.1, 0.15) is 5.75 Å². The Hall–Kier alpha value is -1.06. The molecule has 1 aliphatic rings. The predicted molar refractivity (Wildman–Crippen MR) is 59.0 cm³/mol. The smallest absolute Gasteiger partial charge is 0.124 e. The van der Waals surface area contributed by atoms with E-state index in [9.17, 15) is 5.11 Å². The topological polar surface area (TPSA) is 41.5 Å². The molecule has 0 aliphatic carbocycles. The summed E-state index contributed by atoms with van der Waals surface area (Å²) >= 11 is 0. The first-order valence-electron chi connectivity index (χ1n) is 5.40. The van der Waals surface area contributed by atoms with E-state index in [2.05, 4.69) is 11.4 Å². The SMILES string of the molecule is C[C@@H](O)CNC1CCOc2ccccc21. The standard InChI is InChI=1S/C12H17NO2/c1-9(14)8-13-11-6-7-15-12-5-3-2-4-10(11)12/h2-5,9,11,13-14H,6-8H2,1H3/t9-,11?/m1/s1. The lowest BCUT2D eigenvalue weighted by Crippen LogP contribution is -2.32. The zero-order valence-corrected chi connectivity index (χ0v) is 8.94. The van der Waals surface area contributed by atoms with Crippen molar-refractivity contribution in [3.8, 4) is 5.75 Å². The number of fused-ring (bicyclic) bond motifs is 1. The third kappa shape index (κ3) is 2.49. The van der Waals surface area contributed by atoms with E-state index in [-0.39, 0.29) is 6.10 Å². The van der Waals surface area contributed by atoms with Crippen LogP contribution < -0.4 is 10.1 Å². The molecule has 3 heteroatoms. The molecule has 82 valence electrons. The van der Waals surface area contributed by atoms with E-state index in [0.29, 0.717) is 12.6 Å². The van der Waals surface area contributed by atoms with Crippen LogP contribution in [0.4, 0.5) is 0 Å². The minimum atomic E-state index is -0.306. The summed E-state index contributed by atoms with van der Waals surface area (Å²) in [6.07, 6.45) is 0.656. The van der Waals surface area contributed by atoms with E-state index < -0.39 is 0 Å². The van der Waals surface area contributed by atoms with Crippen LogP contribution in [0, 0.1) is 0 Å². The van der Waals surface area contributed by atoms with Crippen molar-refractivity contribution in [2.75, 3.05) is 13.2 Å². The maximum atomic E-state index is 9.24. The number of rotatable bonds is 3. The van der Waals surface area contributed by atoms with Gasteiger partial charge in [0.05, 0.1) is 12.7 Å². The van der Waals surface area contributed by atoms with Gasteiger partial charge in [0.2, 0.25) is 0 Å². The molecular formula is C12H17NO2. The summed E-state index contributed by atoms with van der Waals surface area (Å²) in [6.45, 7) is 3.16. The van der Waals surface area contributed by atoms with Gasteiger partial charge in [-0.3, -0.25) is 0 Å². The van der Waals surface area contributed by atoms with Crippen molar-refractivity contribution < 1.29 is 9.84 Å². The fraction of sp³-hybridized carbons (Fsp3) is 0.500. The van der Waals surface area contributed by atoms with Crippen LogP contribution >= 0.6 is 0 Å². The number of benzene rings is 1. The maximum absolute atomic E-state index is 9.24. The number of aliphatic hydroxyl groups excluding tert-OH is 1. The van der Waals surface area contributed by atoms with Crippen LogP contribution in [-0.2, 0) is 0 Å². The lowest BCUT2D eigenvalue weighted by molar-refractivity contribution is 0.177. The normalized spacial score (nSPS) is 21.6. The first kappa shape index (κ1) is 10.5. The minimum absolute atomic E-state index is 0.306. The largest absolute Gasteiger partial charge is 0.493 e. The van der Waals surface area contributed by atoms with Gasteiger partial charge in [-0.2, -0.15) is 0 Å². The molecule has 0 radical (unpaired) electrons. The van der Waals surface area contributed by atoms with Gasteiger partial charge in [0.15, 0.2) is 0 Å². The van der Waals surface area contributed by atoms with Crippen LogP contribution in [0.5, 0.6) is 5.75 Å². The Labute approximate surface area is 90.1 Å². The average molecular weight is 207 g/mol. The fourth-order valence-electron chi connectivity index (χ4n) is 1.87. The fourth-order valence-corrected chi connectivity index (χ4v) is 1.87. The maximum Gasteiger partial charge on any atom is 0.124 e. The molecule has 0 amide bonds. The number of hydrogen-bond acceptors (Lipinski definition) is 3. The third-order valence-corrected chi connectivity index (χ3v) is 2.62. The molecule has 1 aromatic carbocycles. The van der Waals surface area contributed by atoms with Gasteiger partial charge in [0, 0.05) is 24.6 Å². The molecule has 0 spiro atoms. The average Bonchev–Trinajstić information content (AvgIpc) is 2.26. The summed E-state index contributed by atoms with van der Waals surface area (Å²) in [6, 6.07) is 8.38. The van der Waals surface area contributed by atoms with Crippen molar-refractivity contribution in [1.82, 2.24) is 5.32 Å². The van der Waals surface area contributed by atoms with Crippen LogP contribution in [0.15, 0.2) is 24.3 Å². The Balaban J connectivity index is 2.08. The van der Waals surface area contributed by atoms with E-state index >= 15 is 0 Å². The highest BCUT2D eigenvalue weighted by Gasteiger charge is 2.20. The third-order valence-electron chi connectivity index (χ3n) is 2.62. The second-order valence-corrected chi connectivity index (χ2v) is 3.98. The Kier molecular flexibility index (Phi) is 3.23. The first-order chi connectivity index (χ1) is 7.27. The molecule has 15 heavy (non-hydrogen) atoms. The number of aliphatic hydroxyl groups is 1. The molecule has 2 rings (SSSR count). The quantitative estimate of drug-likeness (QED) is 0.789. The van der Waals surface area contributed by atoms with Crippen LogP contribution in [0.25, 0.3) is 0 Å². The summed E-state index contributed by atoms with van der Waals surface area (Å²) in [7, 11) is 0. The van der Waals surface area contributed by atoms with Crippen LogP contribution in [-0.4, -0.2) is 24.4 Å². The van der Waals surface area contributed by atoms with Crippen molar-refractivity contribution in [1.29, 1.82) is 0 Å². The first-order valence-corrected chi connectivity index (χ1v) is 5.40. The van der Waals surface area contributed by atoms with Gasteiger partial charge >= 0.3 is 0 Å². The molecule has 0 saturated heterocycles. The Morgan fingerprint density at radius 1 is 1.53 bits per heavy atom. The Morgan fingerprint density at radius 2 is 2.33 bits per heavy atom. The van der Waals surface area contributed by atoms with Gasteiger partial charge in [-0.1, -0.05) is 18.2 Å². The highest BCUT2D eigenvalue weighted by atomic mass is 16.5. The second kappa shape index (κ2) is 4.64. The minimum Gasteiger partial charge on any atom is -0.493 e. The highest BCUT2D eigenvalue weighted by molar-refractivity contribution is 5.37. The van der Waals surface area contributed by atoms with Gasteiger partial charge in [-0.25, -0.2) is 0 Å². The molecule has 2 atom stereocenters. The molecule has 0 bridgehead atoms. The summed E-state index contributed by atoms with van der Waals surface area (Å²) in [4.78, 5) is 0. The molecule has 0 saturated carbocycles. The van der Waals surface area contributed by atoms with Gasteiger partial charge in [-0.05, 0) is 13.0 Å². The Morgan fingerprint density at radius 3 is 3.13 bits per heavy atom. The van der Waals surface area contributed by atoms with Crippen molar-refractivity contribution >= 4 is 0 Å². The van der Waals surface area contributed by atoms with Crippen LogP contribution in [0.2, 0.25) is 0 Å². The number of nitrogens with one attached hydrogen (secondary N) is 1. The summed E-state index contributed by atoms with van der Waals surface area (Å²) in [5, 5.41) is 12.6. The molecule has 2 N–H and O–H groups in total. The predicted octanol–water partition coefficient (Wildman–Crippen LogP) is 1.48. The lowest BCUT2D eigenvalue weighted by Gasteiger charge is -2.27. The zero-order valence-electron chi connectivity index (χ0n) is 8.94. The monoisotopic (exact) mass is 207 g/mol.